The molecule has 0 radical (unpaired) electrons. The van der Waals surface area contributed by atoms with Crippen LogP contribution in [0.4, 0.5) is 102 Å². The number of hydrogen-bond donors (Lipinski definition) is 0. The second kappa shape index (κ2) is 31.4. The van der Waals surface area contributed by atoms with Crippen molar-refractivity contribution in [3.63, 3.8) is 0 Å². The van der Waals surface area contributed by atoms with Crippen LogP contribution in [0, 0.1) is 0 Å². The van der Waals surface area contributed by atoms with Crippen molar-refractivity contribution in [3.05, 3.63) is 520 Å². The summed E-state index contributed by atoms with van der Waals surface area (Å²) in [7, 11) is -4.74. The number of fused-ring (bicyclic) bond motifs is 19. The molecule has 0 bridgehead atoms. The molecule has 6 nitrogen and oxygen atoms in total. The Labute approximate surface area is 807 Å². The topological polar surface area (TPSA) is 19.4 Å². The fourth-order valence-corrected chi connectivity index (χ4v) is 33.4. The van der Waals surface area contributed by atoms with Gasteiger partial charge in [0.1, 0.15) is 0 Å². The van der Waals surface area contributed by atoms with Gasteiger partial charge in [-0.2, -0.15) is 0 Å². The molecule has 0 spiro atoms. The molecular formula is C130H94N6SSi. The monoisotopic (exact) mass is 1800 g/mol. The van der Waals surface area contributed by atoms with E-state index in [1.54, 1.807) is 0 Å². The molecule has 654 valence electrons. The molecule has 2 aliphatic carbocycles. The van der Waals surface area contributed by atoms with Gasteiger partial charge in [0.2, 0.25) is 0 Å². The highest BCUT2D eigenvalue weighted by Crippen LogP contribution is 2.80. The Morgan fingerprint density at radius 3 is 0.935 bits per heavy atom. The minimum absolute atomic E-state index is 0.137. The van der Waals surface area contributed by atoms with E-state index in [0.29, 0.717) is 0 Å². The van der Waals surface area contributed by atoms with E-state index in [-0.39, 0.29) is 10.8 Å². The van der Waals surface area contributed by atoms with Crippen molar-refractivity contribution in [2.45, 2.75) is 58.1 Å². The van der Waals surface area contributed by atoms with Crippen molar-refractivity contribution in [1.82, 2.24) is 0 Å². The van der Waals surface area contributed by atoms with Crippen LogP contribution in [-0.4, -0.2) is 8.07 Å². The molecule has 8 heteroatoms. The van der Waals surface area contributed by atoms with Crippen LogP contribution in [0.15, 0.2) is 517 Å². The Morgan fingerprint density at radius 1 is 0.181 bits per heavy atom. The zero-order valence-electron chi connectivity index (χ0n) is 76.9. The molecule has 28 rings (SSSR count). The van der Waals surface area contributed by atoms with Crippen molar-refractivity contribution in [2.24, 2.45) is 0 Å². The molecule has 138 heavy (non-hydrogen) atoms. The van der Waals surface area contributed by atoms with Crippen molar-refractivity contribution < 1.29 is 0 Å². The van der Waals surface area contributed by atoms with E-state index in [1.165, 1.54) is 162 Å². The first kappa shape index (κ1) is 80.9. The molecular weight excluding hydrogens is 1710 g/mol. The van der Waals surface area contributed by atoms with Crippen molar-refractivity contribution in [3.8, 4) is 22.3 Å². The van der Waals surface area contributed by atoms with Crippen molar-refractivity contribution >= 4 is 184 Å². The highest BCUT2D eigenvalue weighted by molar-refractivity contribution is 8.34. The van der Waals surface area contributed by atoms with Crippen LogP contribution in [0.3, 0.4) is 0 Å². The van der Waals surface area contributed by atoms with Gasteiger partial charge in [0.15, 0.2) is 8.07 Å². The van der Waals surface area contributed by atoms with E-state index in [0.717, 1.165) is 68.2 Å². The summed E-state index contributed by atoms with van der Waals surface area (Å²) in [6.45, 7) is 9.55. The van der Waals surface area contributed by atoms with Crippen molar-refractivity contribution in [1.29, 1.82) is 0 Å². The summed E-state index contributed by atoms with van der Waals surface area (Å²) in [5.74, 6) is 0. The summed E-state index contributed by atoms with van der Waals surface area (Å²) in [4.78, 5) is 20.2. The van der Waals surface area contributed by atoms with Gasteiger partial charge in [-0.1, -0.05) is 331 Å². The van der Waals surface area contributed by atoms with Gasteiger partial charge in [-0.25, -0.2) is 0 Å². The zero-order chi connectivity index (χ0) is 91.7. The van der Waals surface area contributed by atoms with Crippen molar-refractivity contribution in [2.75, 3.05) is 29.4 Å². The molecule has 22 aromatic carbocycles. The molecule has 0 amide bonds. The van der Waals surface area contributed by atoms with Gasteiger partial charge in [-0.05, 0) is 302 Å². The van der Waals surface area contributed by atoms with E-state index < -0.39 is 18.1 Å². The van der Waals surface area contributed by atoms with E-state index in [4.69, 9.17) is 0 Å². The second-order valence-electron chi connectivity index (χ2n) is 38.3. The third-order valence-corrected chi connectivity index (χ3v) is 39.1. The minimum atomic E-state index is -2.90. The van der Waals surface area contributed by atoms with Gasteiger partial charge < -0.3 is 29.4 Å². The summed E-state index contributed by atoms with van der Waals surface area (Å²) in [5.41, 5.74) is 31.6. The Kier molecular flexibility index (Phi) is 18.4. The standard InChI is InChI=1S/C71H52N2SSi.C59H42N4/c1-71(2)61-32-16-15-31-59(61)60-47-70-66(48-62(60)71)73(65-35-19-22-38-69(65)75(70,55-27-11-5-12-28-55)56-29-13-6-14-30-56)52-42-44-58-50(46-52)40-39-49-45-51(41-43-57(49)58)72-63-33-17-20-36-67(63)74(53-23-7-3-8-24-53,54-25-9-4-10-26-54)68-37-21-18-34-64(68)72;1-59(2)49-22-10-9-21-47(49)48-37-57-58(38-50(48)59)63(56-28-16-13-25-53(56)61(57)44-19-7-4-8-20-44)46-32-30-40-33-41-35-45(31-29-39(41)34-42(40)36-46)62-54-26-14-11-23-51(54)60(43-17-5-3-6-18-43)52-24-12-15-27-55(52)62/h3-48H,1-2H3;3-38H,1-2H3. The summed E-state index contributed by atoms with van der Waals surface area (Å²) >= 11 is 0. The minimum Gasteiger partial charge on any atom is -0.311 e. The average Bonchev–Trinajstić information content (AvgIpc) is 0.947. The molecule has 0 aromatic heterocycles. The first-order valence-corrected chi connectivity index (χ1v) is 51.6. The quantitative estimate of drug-likeness (QED) is 0.0767. The number of rotatable bonds is 10. The lowest BCUT2D eigenvalue weighted by molar-refractivity contribution is 0.660. The zero-order valence-corrected chi connectivity index (χ0v) is 78.8. The maximum Gasteiger partial charge on any atom is 0.184 e. The van der Waals surface area contributed by atoms with Crippen LogP contribution >= 0.6 is 10.0 Å². The first-order valence-electron chi connectivity index (χ1n) is 48.0. The van der Waals surface area contributed by atoms with Crippen LogP contribution in [-0.2, 0) is 10.8 Å². The predicted octanol–water partition coefficient (Wildman–Crippen LogP) is 33.4. The largest absolute Gasteiger partial charge is 0.311 e. The molecule has 4 aliphatic heterocycles. The average molecular weight is 1800 g/mol. The number of anilines is 18. The lowest BCUT2D eigenvalue weighted by Gasteiger charge is -2.49. The summed E-state index contributed by atoms with van der Waals surface area (Å²) in [5, 5.41) is 15.4. The van der Waals surface area contributed by atoms with Gasteiger partial charge in [-0.3, -0.25) is 0 Å². The van der Waals surface area contributed by atoms with Crippen LogP contribution in [0.1, 0.15) is 49.9 Å². The summed E-state index contributed by atoms with van der Waals surface area (Å²) in [6, 6.07) is 186. The molecule has 0 saturated heterocycles. The Balaban J connectivity index is 0.000000141. The molecule has 0 saturated carbocycles. The fraction of sp³-hybridized carbons (Fsp3) is 0.0462. The lowest BCUT2D eigenvalue weighted by atomic mass is 9.82. The number of para-hydroxylation sites is 11. The molecule has 0 unspecified atom stereocenters. The molecule has 0 N–H and O–H groups in total. The lowest BCUT2D eigenvalue weighted by Crippen LogP contribution is -2.77. The predicted molar refractivity (Wildman–Crippen MR) is 584 cm³/mol. The van der Waals surface area contributed by atoms with E-state index >= 15 is 0 Å². The SMILES string of the molecule is CC1(C)c2ccccc2-c2cc3c(cc21)N(c1ccc2c(ccc4cc(N5c6ccccc6S(c6ccccc6)(c6ccccc6)c6ccccc65)ccc42)c1)c1ccccc1[Si]3(c1ccccc1)c1ccccc1.CC1(C)c2ccccc2-c2cc3c(cc21)N(c1ccc2cc4cc(N5c6ccccc6N(c6ccccc6)c6ccccc65)ccc4cc2c1)c1ccccc1N3c1ccccc1. The molecule has 22 aromatic rings. The van der Waals surface area contributed by atoms with E-state index in [9.17, 15) is 0 Å². The Hall–Kier alpha value is -16.8. The van der Waals surface area contributed by atoms with E-state index in [1.807, 2.05) is 0 Å². The third-order valence-electron chi connectivity index (χ3n) is 30.3. The molecule has 0 fully saturated rings. The van der Waals surface area contributed by atoms with E-state index in [2.05, 4.69) is 555 Å². The number of hydrogen-bond acceptors (Lipinski definition) is 6. The summed E-state index contributed by atoms with van der Waals surface area (Å²) < 4.78 is 0. The molecule has 4 heterocycles. The maximum atomic E-state index is 2.61. The smallest absolute Gasteiger partial charge is 0.184 e. The van der Waals surface area contributed by atoms with Gasteiger partial charge in [-0.15, -0.1) is 10.0 Å². The van der Waals surface area contributed by atoms with Gasteiger partial charge in [0.25, 0.3) is 0 Å². The third kappa shape index (κ3) is 12.0. The normalized spacial score (nSPS) is 14.9. The molecule has 0 atom stereocenters. The van der Waals surface area contributed by atoms with Crippen LogP contribution in [0.2, 0.25) is 0 Å². The van der Waals surface area contributed by atoms with Crippen LogP contribution in [0.5, 0.6) is 0 Å². The Morgan fingerprint density at radius 2 is 0.486 bits per heavy atom. The first-order chi connectivity index (χ1) is 68.0. The fourth-order valence-electron chi connectivity index (χ4n) is 24.1. The number of benzene rings is 22. The van der Waals surface area contributed by atoms with Crippen LogP contribution in [0.25, 0.3) is 65.3 Å². The maximum absolute atomic E-state index is 2.90. The molecule has 6 aliphatic rings. The number of nitrogens with zero attached hydrogens (tertiary/aromatic N) is 6. The van der Waals surface area contributed by atoms with Gasteiger partial charge in [0, 0.05) is 75.9 Å². The summed E-state index contributed by atoms with van der Waals surface area (Å²) in [6.07, 6.45) is 0. The highest BCUT2D eigenvalue weighted by atomic mass is 32.3. The van der Waals surface area contributed by atoms with Crippen LogP contribution < -0.4 is 50.1 Å². The van der Waals surface area contributed by atoms with Gasteiger partial charge in [0.05, 0.1) is 56.9 Å². The highest BCUT2D eigenvalue weighted by Gasteiger charge is 2.52. The second-order valence-corrected chi connectivity index (χ2v) is 45.0. The Bertz CT molecular complexity index is 8530. The van der Waals surface area contributed by atoms with Gasteiger partial charge >= 0.3 is 0 Å².